The third kappa shape index (κ3) is 8.85. The number of carbonyl (C=O) groups is 1. The first kappa shape index (κ1) is 24.3. The zero-order chi connectivity index (χ0) is 20.8. The fourth-order valence-electron chi connectivity index (χ4n) is 2.51. The second-order valence-corrected chi connectivity index (χ2v) is 12.9. The van der Waals surface area contributed by atoms with Crippen molar-refractivity contribution in [2.75, 3.05) is 7.11 Å². The summed E-state index contributed by atoms with van der Waals surface area (Å²) in [7, 11) is 1.64. The van der Waals surface area contributed by atoms with Crippen molar-refractivity contribution in [2.45, 2.75) is 33.6 Å². The fourth-order valence-corrected chi connectivity index (χ4v) is 2.72. The van der Waals surface area contributed by atoms with Crippen LogP contribution in [0.15, 0.2) is 24.4 Å². The molecule has 0 N–H and O–H groups in total. The lowest BCUT2D eigenvalue weighted by Crippen LogP contribution is -2.05. The maximum Gasteiger partial charge on any atom is 0.339 e. The van der Waals surface area contributed by atoms with E-state index in [4.69, 9.17) is 16.3 Å². The molecule has 0 aliphatic carbocycles. The van der Waals surface area contributed by atoms with Crippen molar-refractivity contribution in [1.29, 1.82) is 0 Å². The molecule has 2 aromatic rings. The summed E-state index contributed by atoms with van der Waals surface area (Å²) >= 11 is 20.2. The van der Waals surface area contributed by atoms with Crippen molar-refractivity contribution in [3.8, 4) is 5.75 Å². The Hall–Kier alpha value is -0.770. The van der Waals surface area contributed by atoms with Crippen LogP contribution in [0.3, 0.4) is 0 Å². The number of carbonyl (C=O) groups excluding carboxylic acids is 1. The Morgan fingerprint density at radius 3 is 2.19 bits per heavy atom. The van der Waals surface area contributed by atoms with Gasteiger partial charge < -0.3 is 4.74 Å². The van der Waals surface area contributed by atoms with E-state index in [9.17, 15) is 9.36 Å². The van der Waals surface area contributed by atoms with Crippen LogP contribution in [0.2, 0.25) is 5.02 Å². The molecule has 0 unspecified atom stereocenters. The van der Waals surface area contributed by atoms with E-state index in [-0.39, 0.29) is 5.78 Å². The van der Waals surface area contributed by atoms with Gasteiger partial charge in [0.05, 0.1) is 7.11 Å². The van der Waals surface area contributed by atoms with E-state index in [0.717, 1.165) is 45.9 Å². The van der Waals surface area contributed by atoms with Gasteiger partial charge in [0.15, 0.2) is 5.78 Å². The number of hydrogen-bond acceptors (Lipinski definition) is 4. The Balaban J connectivity index is 0.000000646. The van der Waals surface area contributed by atoms with Crippen molar-refractivity contribution in [1.82, 2.24) is 4.98 Å². The second kappa shape index (κ2) is 10.7. The molecule has 0 aliphatic heterocycles. The van der Waals surface area contributed by atoms with Gasteiger partial charge in [-0.1, -0.05) is 17.7 Å². The van der Waals surface area contributed by atoms with Gasteiger partial charge >= 0.3 is 5.20 Å². The lowest BCUT2D eigenvalue weighted by molar-refractivity contribution is 0.101. The highest BCUT2D eigenvalue weighted by atomic mass is 36.0. The number of nitrogens with zero attached hydrogens (tertiary/aromatic N) is 1. The van der Waals surface area contributed by atoms with E-state index in [1.807, 2.05) is 32.0 Å². The number of methoxy groups -OCH3 is 1. The Morgan fingerprint density at radius 1 is 1.11 bits per heavy atom. The highest BCUT2D eigenvalue weighted by molar-refractivity contribution is 8.24. The second-order valence-electron chi connectivity index (χ2n) is 5.89. The van der Waals surface area contributed by atoms with Gasteiger partial charge in [-0.3, -0.25) is 14.3 Å². The monoisotopic (exact) mass is 469 g/mol. The fraction of sp³-hybridized carbons (Fsp3) is 0.333. The molecule has 2 rings (SSSR count). The zero-order valence-electron chi connectivity index (χ0n) is 15.4. The molecule has 1 heterocycles. The topological polar surface area (TPSA) is 56.3 Å². The molecule has 0 saturated carbocycles. The third-order valence-corrected chi connectivity index (χ3v) is 4.18. The Kier molecular flexibility index (Phi) is 9.61. The molecule has 0 saturated heterocycles. The number of ketones is 1. The lowest BCUT2D eigenvalue weighted by Gasteiger charge is -2.12. The summed E-state index contributed by atoms with van der Waals surface area (Å²) in [5, 5.41) is -2.47. The van der Waals surface area contributed by atoms with Gasteiger partial charge in [-0.15, -0.1) is 0 Å². The first-order valence-corrected chi connectivity index (χ1v) is 12.7. The van der Waals surface area contributed by atoms with Gasteiger partial charge in [0.25, 0.3) is 0 Å². The van der Waals surface area contributed by atoms with Crippen LogP contribution in [0, 0.1) is 13.8 Å². The molecular formula is C18H20Cl4NO3P. The molecule has 0 atom stereocenters. The number of rotatable bonds is 5. The van der Waals surface area contributed by atoms with Crippen LogP contribution in [-0.2, 0) is 17.4 Å². The normalized spacial score (nSPS) is 10.8. The van der Waals surface area contributed by atoms with Crippen LogP contribution in [0.25, 0.3) is 0 Å². The number of ether oxygens (including phenoxy) is 1. The van der Waals surface area contributed by atoms with Gasteiger partial charge in [0, 0.05) is 18.1 Å². The molecule has 1 aromatic heterocycles. The highest BCUT2D eigenvalue weighted by Gasteiger charge is 2.12. The Labute approximate surface area is 178 Å². The summed E-state index contributed by atoms with van der Waals surface area (Å²) in [6.45, 7) is 5.48. The van der Waals surface area contributed by atoms with Crippen LogP contribution in [0.4, 0.5) is 0 Å². The molecule has 0 bridgehead atoms. The molecule has 4 nitrogen and oxygen atoms in total. The molecule has 27 heavy (non-hydrogen) atoms. The molecular weight excluding hydrogens is 451 g/mol. The minimum atomic E-state index is -3.22. The number of Topliss-reactive ketones (excluding diaryl/α,β-unsaturated/α-hetero) is 1. The number of hydrogen-bond donors (Lipinski definition) is 0. The van der Waals surface area contributed by atoms with Crippen LogP contribution in [0.1, 0.15) is 39.7 Å². The van der Waals surface area contributed by atoms with Gasteiger partial charge in [0.2, 0.25) is 0 Å². The average Bonchev–Trinajstić information content (AvgIpc) is 2.54. The molecule has 148 valence electrons. The van der Waals surface area contributed by atoms with E-state index < -0.39 is 5.20 Å². The number of benzene rings is 1. The number of aromatic nitrogens is 1. The van der Waals surface area contributed by atoms with Crippen molar-refractivity contribution < 1.29 is 14.1 Å². The van der Waals surface area contributed by atoms with Crippen LogP contribution in [0.5, 0.6) is 5.75 Å². The maximum atomic E-state index is 11.7. The van der Waals surface area contributed by atoms with E-state index in [2.05, 4.69) is 38.7 Å². The first-order valence-electron chi connectivity index (χ1n) is 7.90. The summed E-state index contributed by atoms with van der Waals surface area (Å²) in [5.74, 6) is 0.786. The van der Waals surface area contributed by atoms with E-state index >= 15 is 0 Å². The number of aryl methyl sites for hydroxylation is 4. The molecule has 9 heteroatoms. The molecule has 0 amide bonds. The maximum absolute atomic E-state index is 11.7. The molecule has 0 radical (unpaired) electrons. The number of halogens is 4. The third-order valence-electron chi connectivity index (χ3n) is 3.64. The minimum absolute atomic E-state index is 0.0112. The summed E-state index contributed by atoms with van der Waals surface area (Å²) in [6, 6.07) is 5.89. The average molecular weight is 471 g/mol. The predicted octanol–water partition coefficient (Wildman–Crippen LogP) is 7.16. The molecule has 0 spiro atoms. The van der Waals surface area contributed by atoms with Crippen molar-refractivity contribution in [3.05, 3.63) is 57.4 Å². The van der Waals surface area contributed by atoms with Crippen molar-refractivity contribution in [2.24, 2.45) is 0 Å². The first-order chi connectivity index (χ1) is 12.4. The quantitative estimate of drug-likeness (QED) is 0.343. The Bertz CT molecular complexity index is 860. The molecule has 0 fully saturated rings. The lowest BCUT2D eigenvalue weighted by atomic mass is 9.99. The van der Waals surface area contributed by atoms with Crippen molar-refractivity contribution >= 4 is 56.3 Å². The van der Waals surface area contributed by atoms with Gasteiger partial charge in [-0.05, 0) is 94.8 Å². The Morgan fingerprint density at radius 2 is 1.67 bits per heavy atom. The zero-order valence-corrected chi connectivity index (χ0v) is 19.3. The van der Waals surface area contributed by atoms with Gasteiger partial charge in [-0.25, -0.2) is 0 Å². The largest absolute Gasteiger partial charge is 0.497 e. The number of pyridine rings is 1. The van der Waals surface area contributed by atoms with Gasteiger partial charge in [0.1, 0.15) is 11.4 Å². The summed E-state index contributed by atoms with van der Waals surface area (Å²) < 4.78 is 14.8. The summed E-state index contributed by atoms with van der Waals surface area (Å²) in [5.41, 5.74) is 4.57. The standard InChI is InChI=1S/C18H20ClNO2.Cl3OP/c1-11-7-15(18(13(3)21)20-10-11)6-5-14-9-16(22-4)8-12(2)17(14)19;1-5(2,3)4/h7-10H,5-6H2,1-4H3;. The SMILES string of the molecule is COc1cc(C)c(Cl)c(CCc2cc(C)cnc2C(C)=O)c1.O=P(Cl)(Cl)Cl. The van der Waals surface area contributed by atoms with Crippen LogP contribution >= 0.6 is 50.5 Å². The summed E-state index contributed by atoms with van der Waals surface area (Å²) in [4.78, 5) is 16.0. The van der Waals surface area contributed by atoms with E-state index in [1.165, 1.54) is 0 Å². The smallest absolute Gasteiger partial charge is 0.339 e. The van der Waals surface area contributed by atoms with E-state index in [1.54, 1.807) is 20.2 Å². The highest BCUT2D eigenvalue weighted by Crippen LogP contribution is 2.61. The molecule has 0 aliphatic rings. The van der Waals surface area contributed by atoms with Crippen LogP contribution < -0.4 is 4.74 Å². The van der Waals surface area contributed by atoms with Gasteiger partial charge in [-0.2, -0.15) is 0 Å². The van der Waals surface area contributed by atoms with E-state index in [0.29, 0.717) is 5.69 Å². The minimum Gasteiger partial charge on any atom is -0.497 e. The van der Waals surface area contributed by atoms with Crippen LogP contribution in [-0.4, -0.2) is 17.9 Å². The summed E-state index contributed by atoms with van der Waals surface area (Å²) in [6.07, 6.45) is 3.18. The van der Waals surface area contributed by atoms with Crippen molar-refractivity contribution in [3.63, 3.8) is 0 Å². The predicted molar refractivity (Wildman–Crippen MR) is 114 cm³/mol. The molecule has 1 aromatic carbocycles.